The summed E-state index contributed by atoms with van der Waals surface area (Å²) >= 11 is 1.74. The number of carbonyl (C=O) groups is 1. The van der Waals surface area contributed by atoms with Gasteiger partial charge in [-0.15, -0.1) is 0 Å². The first-order chi connectivity index (χ1) is 16.0. The van der Waals surface area contributed by atoms with E-state index in [1.54, 1.807) is 18.9 Å². The second kappa shape index (κ2) is 10.7. The van der Waals surface area contributed by atoms with Gasteiger partial charge in [0.15, 0.2) is 0 Å². The van der Waals surface area contributed by atoms with Crippen LogP contribution in [0.15, 0.2) is 82.1 Å². The first-order valence-electron chi connectivity index (χ1n) is 11.3. The second-order valence-corrected chi connectivity index (χ2v) is 9.22. The van der Waals surface area contributed by atoms with Crippen molar-refractivity contribution >= 4 is 28.9 Å². The number of hydrogen-bond acceptors (Lipinski definition) is 5. The molecule has 0 aliphatic rings. The molecule has 1 aromatic heterocycles. The fourth-order valence-corrected chi connectivity index (χ4v) is 4.81. The predicted octanol–water partition coefficient (Wildman–Crippen LogP) is 6.98. The summed E-state index contributed by atoms with van der Waals surface area (Å²) < 4.78 is 13.3. The number of rotatable bonds is 9. The highest BCUT2D eigenvalue weighted by Crippen LogP contribution is 2.32. The molecule has 0 aliphatic carbocycles. The summed E-state index contributed by atoms with van der Waals surface area (Å²) in [6.45, 7) is 7.95. The maximum absolute atomic E-state index is 12.2. The van der Waals surface area contributed by atoms with Gasteiger partial charge in [-0.3, -0.25) is 0 Å². The van der Waals surface area contributed by atoms with Crippen LogP contribution in [-0.2, 0) is 17.7 Å². The number of nitrogens with zero attached hydrogens (tertiary/aromatic N) is 1. The van der Waals surface area contributed by atoms with Crippen LogP contribution in [0.5, 0.6) is 0 Å². The Morgan fingerprint density at radius 3 is 2.52 bits per heavy atom. The molecule has 0 radical (unpaired) electrons. The van der Waals surface area contributed by atoms with Gasteiger partial charge in [0.2, 0.25) is 5.76 Å². The molecule has 33 heavy (non-hydrogen) atoms. The van der Waals surface area contributed by atoms with Crippen LogP contribution >= 0.6 is 11.9 Å². The first kappa shape index (κ1) is 23.1. The summed E-state index contributed by atoms with van der Waals surface area (Å²) in [4.78, 5) is 13.3. The minimum atomic E-state index is -0.413. The van der Waals surface area contributed by atoms with Gasteiger partial charge in [0.05, 0.1) is 6.61 Å². The topological polar surface area (TPSA) is 42.7 Å². The van der Waals surface area contributed by atoms with Gasteiger partial charge in [-0.1, -0.05) is 54.6 Å². The molecule has 0 atom stereocenters. The molecule has 0 N–H and O–H groups in total. The molecule has 0 saturated heterocycles. The van der Waals surface area contributed by atoms with E-state index in [4.69, 9.17) is 9.15 Å². The van der Waals surface area contributed by atoms with Gasteiger partial charge in [0, 0.05) is 28.9 Å². The van der Waals surface area contributed by atoms with Crippen LogP contribution in [0.3, 0.4) is 0 Å². The van der Waals surface area contributed by atoms with Crippen molar-refractivity contribution in [2.75, 3.05) is 13.2 Å². The Kier molecular flexibility index (Phi) is 7.53. The van der Waals surface area contributed by atoms with E-state index in [1.807, 2.05) is 13.0 Å². The lowest BCUT2D eigenvalue weighted by Gasteiger charge is -2.22. The molecule has 0 saturated carbocycles. The number of ether oxygens (including phenoxy) is 1. The zero-order chi connectivity index (χ0) is 23.2. The highest BCUT2D eigenvalue weighted by Gasteiger charge is 2.19. The average Bonchev–Trinajstić information content (AvgIpc) is 3.16. The molecule has 0 amide bonds. The number of carbonyl (C=O) groups excluding carboxylic acids is 1. The van der Waals surface area contributed by atoms with Gasteiger partial charge >= 0.3 is 5.97 Å². The molecule has 4 rings (SSSR count). The molecule has 0 unspecified atom stereocenters. The van der Waals surface area contributed by atoms with Gasteiger partial charge in [-0.2, -0.15) is 0 Å². The third kappa shape index (κ3) is 5.67. The van der Waals surface area contributed by atoms with Crippen molar-refractivity contribution in [3.63, 3.8) is 0 Å². The van der Waals surface area contributed by atoms with Crippen molar-refractivity contribution in [3.8, 4) is 0 Å². The summed E-state index contributed by atoms with van der Waals surface area (Å²) in [5, 5.41) is 0.946. The van der Waals surface area contributed by atoms with Gasteiger partial charge in [0.1, 0.15) is 5.58 Å². The van der Waals surface area contributed by atoms with Crippen molar-refractivity contribution in [2.45, 2.75) is 38.6 Å². The van der Waals surface area contributed by atoms with E-state index in [1.165, 1.54) is 16.7 Å². The zero-order valence-corrected chi connectivity index (χ0v) is 20.2. The van der Waals surface area contributed by atoms with E-state index in [9.17, 15) is 4.79 Å². The van der Waals surface area contributed by atoms with E-state index in [0.29, 0.717) is 12.2 Å². The Hall–Kier alpha value is -3.02. The van der Waals surface area contributed by atoms with E-state index >= 15 is 0 Å². The molecular weight excluding hydrogens is 430 g/mol. The number of furan rings is 1. The predicted molar refractivity (Wildman–Crippen MR) is 134 cm³/mol. The monoisotopic (exact) mass is 459 g/mol. The molecule has 5 heteroatoms. The minimum Gasteiger partial charge on any atom is -0.460 e. The highest BCUT2D eigenvalue weighted by molar-refractivity contribution is 7.97. The maximum Gasteiger partial charge on any atom is 0.374 e. The fraction of sp³-hybridized carbons (Fsp3) is 0.250. The smallest absolute Gasteiger partial charge is 0.374 e. The van der Waals surface area contributed by atoms with Gasteiger partial charge in [0.25, 0.3) is 0 Å². The lowest BCUT2D eigenvalue weighted by atomic mass is 10.1. The summed E-state index contributed by atoms with van der Waals surface area (Å²) in [6.07, 6.45) is 0.972. The largest absolute Gasteiger partial charge is 0.460 e. The van der Waals surface area contributed by atoms with Gasteiger partial charge < -0.3 is 9.15 Å². The molecule has 0 spiro atoms. The van der Waals surface area contributed by atoms with Crippen molar-refractivity contribution < 1.29 is 13.9 Å². The molecule has 3 aromatic carbocycles. The first-order valence-corrected chi connectivity index (χ1v) is 12.0. The van der Waals surface area contributed by atoms with Crippen LogP contribution in [0, 0.1) is 13.8 Å². The quantitative estimate of drug-likeness (QED) is 0.200. The molecule has 4 nitrogen and oxygen atoms in total. The molecule has 1 heterocycles. The van der Waals surface area contributed by atoms with Gasteiger partial charge in [-0.05, 0) is 74.0 Å². The van der Waals surface area contributed by atoms with Crippen LogP contribution in [-0.4, -0.2) is 23.4 Å². The fourth-order valence-electron chi connectivity index (χ4n) is 3.83. The van der Waals surface area contributed by atoms with Crippen LogP contribution < -0.4 is 0 Å². The van der Waals surface area contributed by atoms with E-state index < -0.39 is 5.97 Å². The SMILES string of the molecule is CCOC(=O)c1oc2ccc(SN(CCc3ccccc3)Cc3ccccc3C)cc2c1C. The normalized spacial score (nSPS) is 11.3. The van der Waals surface area contributed by atoms with Gasteiger partial charge in [-0.25, -0.2) is 9.10 Å². The Labute approximate surface area is 199 Å². The number of benzene rings is 3. The van der Waals surface area contributed by atoms with Crippen molar-refractivity contribution in [1.82, 2.24) is 4.31 Å². The van der Waals surface area contributed by atoms with E-state index in [0.717, 1.165) is 35.4 Å². The number of hydrogen-bond donors (Lipinski definition) is 0. The summed E-state index contributed by atoms with van der Waals surface area (Å²) in [5.41, 5.74) is 5.47. The highest BCUT2D eigenvalue weighted by atomic mass is 32.2. The van der Waals surface area contributed by atoms with Crippen LogP contribution in [0.1, 0.15) is 39.7 Å². The summed E-state index contributed by atoms with van der Waals surface area (Å²) in [7, 11) is 0. The lowest BCUT2D eigenvalue weighted by molar-refractivity contribution is 0.0491. The van der Waals surface area contributed by atoms with Crippen molar-refractivity contribution in [2.24, 2.45) is 0 Å². The van der Waals surface area contributed by atoms with Crippen LogP contribution in [0.25, 0.3) is 11.0 Å². The molecule has 0 aliphatic heterocycles. The molecule has 0 fully saturated rings. The van der Waals surface area contributed by atoms with Crippen molar-refractivity contribution in [3.05, 3.63) is 101 Å². The zero-order valence-electron chi connectivity index (χ0n) is 19.3. The summed E-state index contributed by atoms with van der Waals surface area (Å²) in [5.74, 6) is -0.126. The van der Waals surface area contributed by atoms with Crippen molar-refractivity contribution in [1.29, 1.82) is 0 Å². The maximum atomic E-state index is 12.2. The Morgan fingerprint density at radius 2 is 1.76 bits per heavy atom. The molecular formula is C28H29NO3S. The average molecular weight is 460 g/mol. The number of fused-ring (bicyclic) bond motifs is 1. The minimum absolute atomic E-state index is 0.287. The van der Waals surface area contributed by atoms with E-state index in [-0.39, 0.29) is 5.76 Å². The molecule has 170 valence electrons. The van der Waals surface area contributed by atoms with Crippen LogP contribution in [0.4, 0.5) is 0 Å². The van der Waals surface area contributed by atoms with Crippen LogP contribution in [0.2, 0.25) is 0 Å². The lowest BCUT2D eigenvalue weighted by Crippen LogP contribution is -2.19. The standard InChI is InChI=1S/C28H29NO3S/c1-4-31-28(30)27-21(3)25-18-24(14-15-26(25)32-27)33-29(17-16-22-11-6-5-7-12-22)19-23-13-9-8-10-20(23)2/h5-15,18H,4,16-17,19H2,1-3H3. The molecule has 4 aromatic rings. The Bertz CT molecular complexity index is 1230. The second-order valence-electron chi connectivity index (χ2n) is 8.05. The third-order valence-electron chi connectivity index (χ3n) is 5.70. The summed E-state index contributed by atoms with van der Waals surface area (Å²) in [6, 6.07) is 25.2. The Balaban J connectivity index is 1.58. The third-order valence-corrected chi connectivity index (χ3v) is 6.74. The van der Waals surface area contributed by atoms with E-state index in [2.05, 4.69) is 78.0 Å². The molecule has 0 bridgehead atoms. The number of aryl methyl sites for hydroxylation is 2. The number of esters is 1. The Morgan fingerprint density at radius 1 is 1.00 bits per heavy atom.